The van der Waals surface area contributed by atoms with Gasteiger partial charge in [-0.15, -0.1) is 0 Å². The van der Waals surface area contributed by atoms with Gasteiger partial charge in [0.1, 0.15) is 0 Å². The van der Waals surface area contributed by atoms with Crippen LogP contribution in [0.25, 0.3) is 0 Å². The van der Waals surface area contributed by atoms with E-state index in [9.17, 15) is 4.79 Å². The molecule has 0 aromatic carbocycles. The molecule has 4 bridgehead atoms. The van der Waals surface area contributed by atoms with Crippen molar-refractivity contribution >= 4 is 0 Å². The molecule has 102 valence electrons. The molecule has 1 aromatic heterocycles. The SMILES string of the molecule is Cc1cc(C2C3CC4CC(C3)CC2C4)nc(=O)n1N. The first-order chi connectivity index (χ1) is 9.11. The van der Waals surface area contributed by atoms with Crippen LogP contribution in [0.15, 0.2) is 10.9 Å². The predicted octanol–water partition coefficient (Wildman–Crippen LogP) is 1.81. The van der Waals surface area contributed by atoms with Crippen molar-refractivity contribution < 1.29 is 0 Å². The van der Waals surface area contributed by atoms with E-state index in [-0.39, 0.29) is 5.69 Å². The molecule has 0 aliphatic heterocycles. The average Bonchev–Trinajstić information content (AvgIpc) is 2.34. The van der Waals surface area contributed by atoms with E-state index in [1.54, 1.807) is 0 Å². The summed E-state index contributed by atoms with van der Waals surface area (Å²) in [4.78, 5) is 16.1. The van der Waals surface area contributed by atoms with Crippen molar-refractivity contribution in [2.24, 2.45) is 23.7 Å². The second-order valence-corrected chi connectivity index (χ2v) is 6.93. The third-order valence-electron chi connectivity index (χ3n) is 5.74. The van der Waals surface area contributed by atoms with Crippen molar-refractivity contribution in [2.45, 2.75) is 44.9 Å². The molecule has 4 aliphatic carbocycles. The van der Waals surface area contributed by atoms with Crippen LogP contribution in [0.4, 0.5) is 0 Å². The number of rotatable bonds is 1. The van der Waals surface area contributed by atoms with Gasteiger partial charge in [-0.3, -0.25) is 0 Å². The Balaban J connectivity index is 1.75. The minimum absolute atomic E-state index is 0.302. The number of hydrogen-bond acceptors (Lipinski definition) is 3. The Labute approximate surface area is 113 Å². The maximum atomic E-state index is 11.8. The van der Waals surface area contributed by atoms with Gasteiger partial charge in [-0.2, -0.15) is 4.98 Å². The Morgan fingerprint density at radius 2 is 1.74 bits per heavy atom. The maximum absolute atomic E-state index is 11.8. The van der Waals surface area contributed by atoms with Crippen LogP contribution in [0.1, 0.15) is 49.4 Å². The summed E-state index contributed by atoms with van der Waals surface area (Å²) in [7, 11) is 0. The molecule has 1 heterocycles. The lowest BCUT2D eigenvalue weighted by atomic mass is 9.51. The van der Waals surface area contributed by atoms with Gasteiger partial charge in [0.25, 0.3) is 0 Å². The summed E-state index contributed by atoms with van der Waals surface area (Å²) in [6, 6.07) is 2.04. The third kappa shape index (κ3) is 1.65. The lowest BCUT2D eigenvalue weighted by molar-refractivity contribution is -0.00432. The van der Waals surface area contributed by atoms with Gasteiger partial charge in [0.2, 0.25) is 0 Å². The van der Waals surface area contributed by atoms with Crippen molar-refractivity contribution in [3.05, 3.63) is 27.9 Å². The van der Waals surface area contributed by atoms with E-state index in [0.29, 0.717) is 5.92 Å². The summed E-state index contributed by atoms with van der Waals surface area (Å²) in [6.07, 6.45) is 6.86. The van der Waals surface area contributed by atoms with Gasteiger partial charge in [0, 0.05) is 11.6 Å². The minimum atomic E-state index is -0.302. The topological polar surface area (TPSA) is 60.9 Å². The van der Waals surface area contributed by atoms with Crippen LogP contribution in [-0.4, -0.2) is 9.66 Å². The molecule has 4 aliphatic rings. The van der Waals surface area contributed by atoms with Gasteiger partial charge in [0.15, 0.2) is 0 Å². The molecular weight excluding hydrogens is 238 g/mol. The number of aryl methyl sites for hydroxylation is 1. The number of nitrogen functional groups attached to an aromatic ring is 1. The smallest absolute Gasteiger partial charge is 0.335 e. The normalized spacial score (nSPS) is 39.7. The molecule has 4 heteroatoms. The molecule has 0 radical (unpaired) electrons. The molecule has 4 fully saturated rings. The van der Waals surface area contributed by atoms with E-state index in [1.807, 2.05) is 13.0 Å². The molecule has 0 saturated heterocycles. The highest BCUT2D eigenvalue weighted by molar-refractivity contribution is 5.19. The summed E-state index contributed by atoms with van der Waals surface area (Å²) in [5.74, 6) is 9.61. The van der Waals surface area contributed by atoms with Crippen LogP contribution in [0.5, 0.6) is 0 Å². The van der Waals surface area contributed by atoms with E-state index in [2.05, 4.69) is 4.98 Å². The van der Waals surface area contributed by atoms with Crippen LogP contribution in [0.2, 0.25) is 0 Å². The minimum Gasteiger partial charge on any atom is -0.335 e. The Morgan fingerprint density at radius 3 is 2.26 bits per heavy atom. The highest BCUT2D eigenvalue weighted by Gasteiger charge is 2.49. The summed E-state index contributed by atoms with van der Waals surface area (Å²) in [5.41, 5.74) is 1.53. The van der Waals surface area contributed by atoms with Crippen molar-refractivity contribution in [1.29, 1.82) is 0 Å². The zero-order valence-corrected chi connectivity index (χ0v) is 11.4. The van der Waals surface area contributed by atoms with Crippen molar-refractivity contribution in [3.63, 3.8) is 0 Å². The summed E-state index contributed by atoms with van der Waals surface area (Å²) in [5, 5.41) is 0. The molecule has 19 heavy (non-hydrogen) atoms. The molecule has 2 N–H and O–H groups in total. The van der Waals surface area contributed by atoms with Crippen LogP contribution in [0.3, 0.4) is 0 Å². The van der Waals surface area contributed by atoms with E-state index >= 15 is 0 Å². The molecule has 4 nitrogen and oxygen atoms in total. The van der Waals surface area contributed by atoms with Gasteiger partial charge >= 0.3 is 5.69 Å². The molecule has 0 atom stereocenters. The summed E-state index contributed by atoms with van der Waals surface area (Å²) < 4.78 is 1.15. The zero-order chi connectivity index (χ0) is 13.1. The quantitative estimate of drug-likeness (QED) is 0.782. The Bertz CT molecular complexity index is 549. The molecular formula is C15H21N3O. The van der Waals surface area contributed by atoms with Crippen molar-refractivity contribution in [3.8, 4) is 0 Å². The van der Waals surface area contributed by atoms with Gasteiger partial charge in [0.05, 0.1) is 5.69 Å². The first-order valence-corrected chi connectivity index (χ1v) is 7.47. The zero-order valence-electron chi connectivity index (χ0n) is 11.4. The van der Waals surface area contributed by atoms with Crippen molar-refractivity contribution in [1.82, 2.24) is 9.66 Å². The number of nitrogens with zero attached hydrogens (tertiary/aromatic N) is 2. The highest BCUT2D eigenvalue weighted by atomic mass is 16.1. The fourth-order valence-corrected chi connectivity index (χ4v) is 5.21. The van der Waals surface area contributed by atoms with Crippen molar-refractivity contribution in [2.75, 3.05) is 5.84 Å². The largest absolute Gasteiger partial charge is 0.366 e. The maximum Gasteiger partial charge on any atom is 0.366 e. The first-order valence-electron chi connectivity index (χ1n) is 7.47. The molecule has 4 saturated carbocycles. The number of nitrogens with two attached hydrogens (primary N) is 1. The standard InChI is InChI=1S/C15H21N3O/c1-8-2-13(17-15(19)18(8)16)14-11-4-9-3-10(6-11)7-12(14)5-9/h2,9-12,14H,3-7,16H2,1H3. The van der Waals surface area contributed by atoms with E-state index < -0.39 is 0 Å². The van der Waals surface area contributed by atoms with E-state index in [1.165, 1.54) is 32.1 Å². The second-order valence-electron chi connectivity index (χ2n) is 6.93. The monoisotopic (exact) mass is 259 g/mol. The Hall–Kier alpha value is -1.32. The summed E-state index contributed by atoms with van der Waals surface area (Å²) >= 11 is 0. The lowest BCUT2D eigenvalue weighted by Crippen LogP contribution is -2.45. The first kappa shape index (κ1) is 11.5. The third-order valence-corrected chi connectivity index (χ3v) is 5.74. The van der Waals surface area contributed by atoms with Gasteiger partial charge in [-0.05, 0) is 68.8 Å². The Morgan fingerprint density at radius 1 is 1.16 bits per heavy atom. The fourth-order valence-electron chi connectivity index (χ4n) is 5.21. The highest BCUT2D eigenvalue weighted by Crippen LogP contribution is 2.59. The van der Waals surface area contributed by atoms with Crippen LogP contribution in [-0.2, 0) is 0 Å². The van der Waals surface area contributed by atoms with Gasteiger partial charge in [-0.1, -0.05) is 0 Å². The van der Waals surface area contributed by atoms with Crippen LogP contribution < -0.4 is 11.5 Å². The van der Waals surface area contributed by atoms with E-state index in [0.717, 1.165) is 39.7 Å². The number of aromatic nitrogens is 2. The molecule has 0 spiro atoms. The lowest BCUT2D eigenvalue weighted by Gasteiger charge is -2.54. The van der Waals surface area contributed by atoms with Gasteiger partial charge in [-0.25, -0.2) is 9.47 Å². The molecule has 0 amide bonds. The Kier molecular flexibility index (Phi) is 2.32. The van der Waals surface area contributed by atoms with E-state index in [4.69, 9.17) is 5.84 Å². The van der Waals surface area contributed by atoms with Crippen LogP contribution in [0, 0.1) is 30.6 Å². The fraction of sp³-hybridized carbons (Fsp3) is 0.733. The predicted molar refractivity (Wildman–Crippen MR) is 73.2 cm³/mol. The second kappa shape index (κ2) is 3.84. The van der Waals surface area contributed by atoms with Gasteiger partial charge < -0.3 is 5.84 Å². The average molecular weight is 259 g/mol. The van der Waals surface area contributed by atoms with Crippen LogP contribution >= 0.6 is 0 Å². The summed E-state index contributed by atoms with van der Waals surface area (Å²) in [6.45, 7) is 1.89. The number of hydrogen-bond donors (Lipinski definition) is 1. The molecule has 1 aromatic rings. The molecule has 0 unspecified atom stereocenters. The molecule has 5 rings (SSSR count).